The third kappa shape index (κ3) is 3.12. The third-order valence-electron chi connectivity index (χ3n) is 3.79. The first kappa shape index (κ1) is 15.7. The van der Waals surface area contributed by atoms with Crippen LogP contribution in [0.1, 0.15) is 45.1 Å². The van der Waals surface area contributed by atoms with E-state index in [1.165, 1.54) is 0 Å². The molecule has 0 aliphatic heterocycles. The van der Waals surface area contributed by atoms with Crippen LogP contribution in [-0.2, 0) is 13.0 Å². The maximum Gasteiger partial charge on any atom is 0.272 e. The molecule has 5 nitrogen and oxygen atoms in total. The minimum absolute atomic E-state index is 0.143. The van der Waals surface area contributed by atoms with E-state index < -0.39 is 0 Å². The molecule has 6 heteroatoms. The summed E-state index contributed by atoms with van der Waals surface area (Å²) in [6.07, 6.45) is 3.99. The molecule has 1 amide bonds. The van der Waals surface area contributed by atoms with Crippen molar-refractivity contribution in [1.29, 1.82) is 0 Å². The minimum atomic E-state index is -0.143. The van der Waals surface area contributed by atoms with Crippen molar-refractivity contribution in [1.82, 2.24) is 19.7 Å². The molecule has 0 unspecified atom stereocenters. The van der Waals surface area contributed by atoms with Crippen molar-refractivity contribution >= 4 is 22.9 Å². The van der Waals surface area contributed by atoms with Gasteiger partial charge in [0.2, 0.25) is 0 Å². The second-order valence-electron chi connectivity index (χ2n) is 5.52. The normalized spacial score (nSPS) is 11.1. The SMILES string of the molecule is CCCc1nc(C)c(CNC(=O)c2nc3ccccn3c2C)s1. The van der Waals surface area contributed by atoms with E-state index in [0.717, 1.165) is 39.8 Å². The number of aromatic nitrogens is 3. The van der Waals surface area contributed by atoms with E-state index in [-0.39, 0.29) is 5.91 Å². The molecule has 0 fully saturated rings. The highest BCUT2D eigenvalue weighted by molar-refractivity contribution is 7.11. The maximum atomic E-state index is 12.4. The smallest absolute Gasteiger partial charge is 0.272 e. The number of hydrogen-bond acceptors (Lipinski definition) is 4. The van der Waals surface area contributed by atoms with E-state index >= 15 is 0 Å². The van der Waals surface area contributed by atoms with Crippen molar-refractivity contribution in [2.24, 2.45) is 0 Å². The molecular formula is C17H20N4OS. The van der Waals surface area contributed by atoms with Crippen molar-refractivity contribution in [2.45, 2.75) is 40.2 Å². The van der Waals surface area contributed by atoms with Gasteiger partial charge in [-0.15, -0.1) is 11.3 Å². The first-order valence-corrected chi connectivity index (χ1v) is 8.59. The van der Waals surface area contributed by atoms with Gasteiger partial charge in [-0.05, 0) is 38.8 Å². The fourth-order valence-electron chi connectivity index (χ4n) is 2.55. The lowest BCUT2D eigenvalue weighted by Crippen LogP contribution is -2.23. The Labute approximate surface area is 139 Å². The number of hydrogen-bond donors (Lipinski definition) is 1. The summed E-state index contributed by atoms with van der Waals surface area (Å²) in [4.78, 5) is 22.5. The summed E-state index contributed by atoms with van der Waals surface area (Å²) in [6.45, 7) is 6.54. The van der Waals surface area contributed by atoms with Crippen molar-refractivity contribution in [3.8, 4) is 0 Å². The van der Waals surface area contributed by atoms with Gasteiger partial charge in [0, 0.05) is 11.1 Å². The van der Waals surface area contributed by atoms with Gasteiger partial charge in [-0.25, -0.2) is 9.97 Å². The Morgan fingerprint density at radius 2 is 2.13 bits per heavy atom. The number of thiazole rings is 1. The molecule has 3 rings (SSSR count). The molecular weight excluding hydrogens is 308 g/mol. The van der Waals surface area contributed by atoms with Gasteiger partial charge in [0.05, 0.1) is 22.9 Å². The number of amides is 1. The van der Waals surface area contributed by atoms with Crippen LogP contribution in [0.5, 0.6) is 0 Å². The summed E-state index contributed by atoms with van der Waals surface area (Å²) in [5.41, 5.74) is 3.12. The molecule has 0 atom stereocenters. The predicted molar refractivity (Wildman–Crippen MR) is 91.9 cm³/mol. The number of fused-ring (bicyclic) bond motifs is 1. The van der Waals surface area contributed by atoms with Gasteiger partial charge >= 0.3 is 0 Å². The number of carbonyl (C=O) groups is 1. The largest absolute Gasteiger partial charge is 0.346 e. The molecule has 0 radical (unpaired) electrons. The fourth-order valence-corrected chi connectivity index (χ4v) is 3.66. The van der Waals surface area contributed by atoms with E-state index in [0.29, 0.717) is 12.2 Å². The zero-order valence-electron chi connectivity index (χ0n) is 13.6. The number of carbonyl (C=O) groups excluding carboxylic acids is 1. The van der Waals surface area contributed by atoms with Crippen molar-refractivity contribution in [3.63, 3.8) is 0 Å². The van der Waals surface area contributed by atoms with Crippen molar-refractivity contribution in [3.05, 3.63) is 51.4 Å². The molecule has 0 spiro atoms. The topological polar surface area (TPSA) is 59.3 Å². The summed E-state index contributed by atoms with van der Waals surface area (Å²) < 4.78 is 1.92. The molecule has 1 N–H and O–H groups in total. The molecule has 0 aromatic carbocycles. The molecule has 3 aromatic heterocycles. The van der Waals surface area contributed by atoms with Crippen LogP contribution in [0.4, 0.5) is 0 Å². The van der Waals surface area contributed by atoms with Crippen LogP contribution in [-0.4, -0.2) is 20.3 Å². The molecule has 0 aliphatic carbocycles. The van der Waals surface area contributed by atoms with Gasteiger partial charge in [0.25, 0.3) is 5.91 Å². The van der Waals surface area contributed by atoms with Crippen LogP contribution < -0.4 is 5.32 Å². The standard InChI is InChI=1S/C17H20N4OS/c1-4-7-15-19-11(2)13(23-15)10-18-17(22)16-12(3)21-9-6-5-8-14(21)20-16/h5-6,8-9H,4,7,10H2,1-3H3,(H,18,22). The lowest BCUT2D eigenvalue weighted by atomic mass is 10.3. The summed E-state index contributed by atoms with van der Waals surface area (Å²) in [6, 6.07) is 5.74. The Bertz CT molecular complexity index is 850. The van der Waals surface area contributed by atoms with Crippen LogP contribution in [0.2, 0.25) is 0 Å². The lowest BCUT2D eigenvalue weighted by Gasteiger charge is -2.03. The summed E-state index contributed by atoms with van der Waals surface area (Å²) in [5.74, 6) is -0.143. The maximum absolute atomic E-state index is 12.4. The van der Waals surface area contributed by atoms with Crippen molar-refractivity contribution in [2.75, 3.05) is 0 Å². The van der Waals surface area contributed by atoms with Crippen LogP contribution in [0, 0.1) is 13.8 Å². The van der Waals surface area contributed by atoms with Crippen LogP contribution in [0.3, 0.4) is 0 Å². The van der Waals surface area contributed by atoms with Gasteiger partial charge in [0.15, 0.2) is 0 Å². The Hall–Kier alpha value is -2.21. The zero-order chi connectivity index (χ0) is 16.4. The second-order valence-corrected chi connectivity index (χ2v) is 6.69. The van der Waals surface area contributed by atoms with E-state index in [1.54, 1.807) is 11.3 Å². The highest BCUT2D eigenvalue weighted by atomic mass is 32.1. The van der Waals surface area contributed by atoms with Gasteiger partial charge in [-0.3, -0.25) is 4.79 Å². The Morgan fingerprint density at radius 1 is 1.30 bits per heavy atom. The monoisotopic (exact) mass is 328 g/mol. The molecule has 0 aliphatic rings. The Morgan fingerprint density at radius 3 is 2.87 bits per heavy atom. The van der Waals surface area contributed by atoms with E-state index in [9.17, 15) is 4.79 Å². The third-order valence-corrected chi connectivity index (χ3v) is 5.01. The molecule has 0 bridgehead atoms. The van der Waals surface area contributed by atoms with Crippen LogP contribution >= 0.6 is 11.3 Å². The van der Waals surface area contributed by atoms with Crippen LogP contribution in [0.25, 0.3) is 5.65 Å². The lowest BCUT2D eigenvalue weighted by molar-refractivity contribution is 0.0946. The molecule has 23 heavy (non-hydrogen) atoms. The number of pyridine rings is 1. The quantitative estimate of drug-likeness (QED) is 0.782. The molecule has 0 saturated carbocycles. The second kappa shape index (κ2) is 6.50. The van der Waals surface area contributed by atoms with Crippen LogP contribution in [0.15, 0.2) is 24.4 Å². The number of imidazole rings is 1. The summed E-state index contributed by atoms with van der Waals surface area (Å²) in [5, 5.41) is 4.11. The first-order valence-electron chi connectivity index (χ1n) is 7.77. The highest BCUT2D eigenvalue weighted by Crippen LogP contribution is 2.19. The molecule has 120 valence electrons. The van der Waals surface area contributed by atoms with Gasteiger partial charge in [0.1, 0.15) is 11.3 Å². The average Bonchev–Trinajstić information content (AvgIpc) is 3.06. The summed E-state index contributed by atoms with van der Waals surface area (Å²) >= 11 is 1.68. The molecule has 3 heterocycles. The number of rotatable bonds is 5. The minimum Gasteiger partial charge on any atom is -0.346 e. The average molecular weight is 328 g/mol. The zero-order valence-corrected chi connectivity index (χ0v) is 14.4. The highest BCUT2D eigenvalue weighted by Gasteiger charge is 2.16. The summed E-state index contributed by atoms with van der Waals surface area (Å²) in [7, 11) is 0. The predicted octanol–water partition coefficient (Wildman–Crippen LogP) is 3.29. The van der Waals surface area contributed by atoms with Gasteiger partial charge < -0.3 is 9.72 Å². The number of nitrogens with zero attached hydrogens (tertiary/aromatic N) is 3. The van der Waals surface area contributed by atoms with Gasteiger partial charge in [-0.1, -0.05) is 13.0 Å². The molecule has 0 saturated heterocycles. The van der Waals surface area contributed by atoms with E-state index in [4.69, 9.17) is 0 Å². The van der Waals surface area contributed by atoms with Gasteiger partial charge in [-0.2, -0.15) is 0 Å². The molecule has 3 aromatic rings. The Kier molecular flexibility index (Phi) is 4.43. The van der Waals surface area contributed by atoms with E-state index in [1.807, 2.05) is 42.6 Å². The van der Waals surface area contributed by atoms with E-state index in [2.05, 4.69) is 22.2 Å². The van der Waals surface area contributed by atoms with Crippen molar-refractivity contribution < 1.29 is 4.79 Å². The first-order chi connectivity index (χ1) is 11.1. The number of aryl methyl sites for hydroxylation is 3. The Balaban J connectivity index is 1.75. The number of nitrogens with one attached hydrogen (secondary N) is 1. The fraction of sp³-hybridized carbons (Fsp3) is 0.353.